The lowest BCUT2D eigenvalue weighted by molar-refractivity contribution is 0.0220. The van der Waals surface area contributed by atoms with Crippen LogP contribution in [0.25, 0.3) is 0 Å². The molecule has 0 aromatic rings. The quantitative estimate of drug-likeness (QED) is 0.475. The molecule has 21 heavy (non-hydrogen) atoms. The molecule has 0 saturated carbocycles. The van der Waals surface area contributed by atoms with E-state index in [-0.39, 0.29) is 29.8 Å². The highest BCUT2D eigenvalue weighted by atomic mass is 28.4. The Bertz CT molecular complexity index is 443. The molecule has 1 rings (SSSR count). The average Bonchev–Trinajstić information content (AvgIpc) is 2.31. The summed E-state index contributed by atoms with van der Waals surface area (Å²) in [5, 5.41) is 13.2. The van der Waals surface area contributed by atoms with Gasteiger partial charge in [0.05, 0.1) is 18.7 Å². The zero-order valence-electron chi connectivity index (χ0n) is 13.8. The van der Waals surface area contributed by atoms with Crippen molar-refractivity contribution >= 4 is 14.4 Å². The molecule has 2 N–H and O–H groups in total. The van der Waals surface area contributed by atoms with Crippen LogP contribution in [0.1, 0.15) is 34.1 Å². The lowest BCUT2D eigenvalue weighted by Crippen LogP contribution is -2.57. The maximum absolute atomic E-state index is 11.4. The highest BCUT2D eigenvalue weighted by Gasteiger charge is 2.45. The number of likely N-dealkylation sites (tertiary alicyclic amines) is 1. The van der Waals surface area contributed by atoms with E-state index in [0.29, 0.717) is 6.42 Å². The van der Waals surface area contributed by atoms with Crippen LogP contribution in [-0.4, -0.2) is 49.1 Å². The molecule has 0 aromatic heterocycles. The molecule has 120 valence electrons. The summed E-state index contributed by atoms with van der Waals surface area (Å²) in [5.41, 5.74) is 6.87. The Kier molecular flexibility index (Phi) is 5.30. The van der Waals surface area contributed by atoms with E-state index >= 15 is 0 Å². The van der Waals surface area contributed by atoms with Crippen LogP contribution in [0.5, 0.6) is 0 Å². The number of carbonyl (C=O) groups is 1. The minimum Gasteiger partial charge on any atom is -0.465 e. The van der Waals surface area contributed by atoms with E-state index in [9.17, 15) is 9.90 Å². The van der Waals surface area contributed by atoms with Gasteiger partial charge in [-0.25, -0.2) is 4.79 Å². The average molecular weight is 315 g/mol. The lowest BCUT2D eigenvalue weighted by atomic mass is 9.97. The third-order valence-electron chi connectivity index (χ3n) is 4.66. The SMILES string of the molecule is C[C@H]1[C@@H](O[Si](C)(C)C(C)(C)C)C[C@@H](N=[N+]=N)CN1C(=O)O. The van der Waals surface area contributed by atoms with Gasteiger partial charge in [-0.2, -0.15) is 0 Å². The van der Waals surface area contributed by atoms with E-state index in [4.69, 9.17) is 9.96 Å². The molecule has 8 heteroatoms. The van der Waals surface area contributed by atoms with E-state index < -0.39 is 14.4 Å². The van der Waals surface area contributed by atoms with Crippen LogP contribution in [-0.2, 0) is 4.43 Å². The second-order valence-corrected chi connectivity index (χ2v) is 12.0. The molecule has 0 unspecified atom stereocenters. The highest BCUT2D eigenvalue weighted by molar-refractivity contribution is 6.74. The molecule has 0 aromatic carbocycles. The molecule has 1 aliphatic heterocycles. The molecule has 1 aliphatic rings. The van der Waals surface area contributed by atoms with E-state index in [2.05, 4.69) is 43.9 Å². The molecule has 0 bridgehead atoms. The monoisotopic (exact) mass is 315 g/mol. The van der Waals surface area contributed by atoms with Gasteiger partial charge < -0.3 is 14.4 Å². The maximum Gasteiger partial charge on any atom is 0.407 e. The van der Waals surface area contributed by atoms with Gasteiger partial charge in [-0.15, -0.1) is 0 Å². The summed E-state index contributed by atoms with van der Waals surface area (Å²) in [6.07, 6.45) is -0.567. The van der Waals surface area contributed by atoms with Crippen molar-refractivity contribution in [2.45, 2.75) is 70.4 Å². The predicted molar refractivity (Wildman–Crippen MR) is 81.9 cm³/mol. The summed E-state index contributed by atoms with van der Waals surface area (Å²) in [6.45, 7) is 12.9. The van der Waals surface area contributed by atoms with Gasteiger partial charge in [0, 0.05) is 6.42 Å². The van der Waals surface area contributed by atoms with Gasteiger partial charge in [-0.1, -0.05) is 20.8 Å². The van der Waals surface area contributed by atoms with Gasteiger partial charge in [0.15, 0.2) is 14.4 Å². The zero-order valence-corrected chi connectivity index (χ0v) is 14.8. The molecule has 0 spiro atoms. The number of hydrogen-bond acceptors (Lipinski definition) is 4. The van der Waals surface area contributed by atoms with Gasteiger partial charge in [0.1, 0.15) is 10.6 Å². The zero-order chi connectivity index (χ0) is 16.4. The molecule has 0 aliphatic carbocycles. The standard InChI is InChI=1S/C13H26N4O3Si/c1-9-11(20-21(5,6)13(2,3)4)7-10(15-16-14)8-17(9)12(18)19/h9-11,14H,7-8H2,1-6H3/p+1/t9-,10+,11-/m0/s1. The van der Waals surface area contributed by atoms with Crippen LogP contribution in [0.15, 0.2) is 5.11 Å². The van der Waals surface area contributed by atoms with Crippen LogP contribution < -0.4 is 4.91 Å². The van der Waals surface area contributed by atoms with Crippen LogP contribution in [0.3, 0.4) is 0 Å². The Morgan fingerprint density at radius 2 is 2.05 bits per heavy atom. The van der Waals surface area contributed by atoms with Crippen molar-refractivity contribution in [3.8, 4) is 0 Å². The second-order valence-electron chi connectivity index (χ2n) is 7.20. The van der Waals surface area contributed by atoms with Crippen molar-refractivity contribution in [1.29, 1.82) is 5.53 Å². The van der Waals surface area contributed by atoms with Gasteiger partial charge in [0.25, 0.3) is 0 Å². The van der Waals surface area contributed by atoms with E-state index in [0.717, 1.165) is 0 Å². The lowest BCUT2D eigenvalue weighted by Gasteiger charge is -2.45. The molecular weight excluding hydrogens is 288 g/mol. The number of nitrogens with one attached hydrogen (secondary N) is 1. The summed E-state index contributed by atoms with van der Waals surface area (Å²) in [5.74, 6) is 0. The number of hydrogen-bond donors (Lipinski definition) is 2. The minimum atomic E-state index is -1.99. The maximum atomic E-state index is 11.4. The van der Waals surface area contributed by atoms with E-state index in [1.165, 1.54) is 4.90 Å². The third-order valence-corrected chi connectivity index (χ3v) is 9.16. The fourth-order valence-electron chi connectivity index (χ4n) is 2.25. The van der Waals surface area contributed by atoms with Gasteiger partial charge in [0.2, 0.25) is 4.91 Å². The summed E-state index contributed by atoms with van der Waals surface area (Å²) >= 11 is 0. The van der Waals surface area contributed by atoms with Crippen molar-refractivity contribution in [1.82, 2.24) is 9.81 Å². The number of carboxylic acid groups (broad SMARTS) is 1. The molecule has 1 amide bonds. The first-order valence-corrected chi connectivity index (χ1v) is 10.1. The number of amides is 1. The highest BCUT2D eigenvalue weighted by Crippen LogP contribution is 2.39. The van der Waals surface area contributed by atoms with Crippen LogP contribution in [0, 0.1) is 5.53 Å². The summed E-state index contributed by atoms with van der Waals surface area (Å²) in [6, 6.07) is -0.515. The first kappa shape index (κ1) is 17.8. The van der Waals surface area contributed by atoms with Crippen molar-refractivity contribution < 1.29 is 14.3 Å². The minimum absolute atomic E-state index is 0.0602. The normalized spacial score (nSPS) is 27.1. The summed E-state index contributed by atoms with van der Waals surface area (Å²) < 4.78 is 6.38. The number of rotatable bonds is 3. The first-order chi connectivity index (χ1) is 9.49. The Morgan fingerprint density at radius 3 is 2.48 bits per heavy atom. The van der Waals surface area contributed by atoms with Gasteiger partial charge in [-0.05, 0) is 25.1 Å². The number of nitrogens with zero attached hydrogens (tertiary/aromatic N) is 3. The summed E-state index contributed by atoms with van der Waals surface area (Å²) in [4.78, 5) is 15.8. The predicted octanol–water partition coefficient (Wildman–Crippen LogP) is 3.07. The van der Waals surface area contributed by atoms with Crippen LogP contribution in [0.4, 0.5) is 4.79 Å². The van der Waals surface area contributed by atoms with E-state index in [1.807, 2.05) is 6.92 Å². The largest absolute Gasteiger partial charge is 0.465 e. The molecule has 1 fully saturated rings. The molecular formula is C13H27N4O3Si+. The Balaban J connectivity index is 2.97. The van der Waals surface area contributed by atoms with Gasteiger partial charge in [-0.3, -0.25) is 0 Å². The topological polar surface area (TPSA) is 100 Å². The van der Waals surface area contributed by atoms with Crippen molar-refractivity contribution in [3.05, 3.63) is 0 Å². The van der Waals surface area contributed by atoms with Crippen LogP contribution in [0.2, 0.25) is 18.1 Å². The summed E-state index contributed by atoms with van der Waals surface area (Å²) in [7, 11) is -1.99. The molecule has 7 nitrogen and oxygen atoms in total. The molecule has 1 heterocycles. The Labute approximate surface area is 127 Å². The molecule has 1 saturated heterocycles. The smallest absolute Gasteiger partial charge is 0.407 e. The van der Waals surface area contributed by atoms with Crippen molar-refractivity contribution in [2.24, 2.45) is 5.11 Å². The van der Waals surface area contributed by atoms with Gasteiger partial charge >= 0.3 is 6.09 Å². The van der Waals surface area contributed by atoms with E-state index in [1.54, 1.807) is 0 Å². The molecule has 3 atom stereocenters. The second kappa shape index (κ2) is 6.25. The fourth-order valence-corrected chi connectivity index (χ4v) is 3.66. The van der Waals surface area contributed by atoms with Crippen molar-refractivity contribution in [2.75, 3.05) is 6.54 Å². The van der Waals surface area contributed by atoms with Crippen LogP contribution >= 0.6 is 0 Å². The Hall–Kier alpha value is -1.24. The third kappa shape index (κ3) is 4.12. The number of piperidine rings is 1. The fraction of sp³-hybridized carbons (Fsp3) is 0.923. The first-order valence-electron chi connectivity index (χ1n) is 7.23. The van der Waals surface area contributed by atoms with Crippen molar-refractivity contribution in [3.63, 3.8) is 0 Å². The molecule has 0 radical (unpaired) electrons. The Morgan fingerprint density at radius 1 is 1.48 bits per heavy atom.